The maximum Gasteiger partial charge on any atom is 0.343 e. The lowest BCUT2D eigenvalue weighted by molar-refractivity contribution is 0.696. The van der Waals surface area contributed by atoms with Crippen LogP contribution < -0.4 is 0 Å². The molecule has 1 aliphatic carbocycles. The molecule has 1 aliphatic rings. The van der Waals surface area contributed by atoms with E-state index in [1.54, 1.807) is 0 Å². The first-order valence-electron chi connectivity index (χ1n) is 10.2. The molecule has 0 saturated heterocycles. The molecule has 0 N–H and O–H groups in total. The molecular weight excluding hydrogens is 366 g/mol. The van der Waals surface area contributed by atoms with Crippen molar-refractivity contribution < 1.29 is 0 Å². The molecule has 0 radical (unpaired) electrons. The van der Waals surface area contributed by atoms with Crippen LogP contribution in [0.25, 0.3) is 14.5 Å². The summed E-state index contributed by atoms with van der Waals surface area (Å²) in [6.45, 7) is 16.8. The van der Waals surface area contributed by atoms with Crippen molar-refractivity contribution in [2.24, 2.45) is 17.8 Å². The minimum Gasteiger partial charge on any atom is -0.0614 e. The first kappa shape index (κ1) is 19.4. The van der Waals surface area contributed by atoms with Crippen molar-refractivity contribution in [2.45, 2.75) is 19.3 Å². The van der Waals surface area contributed by atoms with Gasteiger partial charge < -0.3 is 0 Å². The van der Waals surface area contributed by atoms with E-state index in [4.69, 9.17) is 19.7 Å². The van der Waals surface area contributed by atoms with Crippen molar-refractivity contribution in [3.05, 3.63) is 104 Å². The van der Waals surface area contributed by atoms with Gasteiger partial charge in [-0.05, 0) is 51.6 Å². The molecule has 0 atom stereocenters. The Morgan fingerprint density at radius 2 is 0.733 bits per heavy atom. The highest BCUT2D eigenvalue weighted by atomic mass is 14.7. The van der Waals surface area contributed by atoms with Gasteiger partial charge in [0.15, 0.2) is 0 Å². The number of benzene rings is 3. The Morgan fingerprint density at radius 1 is 0.467 bits per heavy atom. The topological polar surface area (TPSA) is 13.1 Å². The van der Waals surface area contributed by atoms with E-state index < -0.39 is 0 Å². The van der Waals surface area contributed by atoms with Crippen LogP contribution in [0.1, 0.15) is 16.7 Å². The molecule has 4 rings (SSSR count). The third kappa shape index (κ3) is 3.96. The Balaban J connectivity index is 1.60. The van der Waals surface area contributed by atoms with Gasteiger partial charge in [-0.25, -0.2) is 0 Å². The van der Waals surface area contributed by atoms with Gasteiger partial charge in [-0.2, -0.15) is 0 Å². The van der Waals surface area contributed by atoms with E-state index in [-0.39, 0.29) is 0 Å². The average Bonchev–Trinajstić information content (AvgIpc) is 3.44. The number of hydrogen-bond acceptors (Lipinski definition) is 0. The molecule has 0 aromatic heterocycles. The third-order valence-corrected chi connectivity index (χ3v) is 6.27. The summed E-state index contributed by atoms with van der Waals surface area (Å²) in [4.78, 5) is 11.9. The summed E-state index contributed by atoms with van der Waals surface area (Å²) in [6, 6.07) is 24.3. The maximum atomic E-state index is 5.61. The molecule has 1 fully saturated rings. The highest BCUT2D eigenvalue weighted by Gasteiger charge is 2.50. The molecule has 30 heavy (non-hydrogen) atoms. The Kier molecular flexibility index (Phi) is 5.61. The quantitative estimate of drug-likeness (QED) is 0.417. The van der Waals surface area contributed by atoms with Crippen molar-refractivity contribution in [1.82, 2.24) is 0 Å². The molecule has 0 spiro atoms. The maximum absolute atomic E-state index is 5.61. The molecule has 3 aromatic rings. The normalized spacial score (nSPS) is 19.3. The fourth-order valence-electron chi connectivity index (χ4n) is 4.62. The number of para-hydroxylation sites is 3. The molecule has 0 amide bonds. The van der Waals surface area contributed by atoms with Gasteiger partial charge in [-0.15, -0.1) is 0 Å². The lowest BCUT2D eigenvalue weighted by atomic mass is 10.0. The summed E-state index contributed by atoms with van der Waals surface area (Å²) in [5.74, 6) is 1.55. The van der Waals surface area contributed by atoms with Crippen LogP contribution in [0, 0.1) is 37.5 Å². The summed E-state index contributed by atoms with van der Waals surface area (Å²) >= 11 is 0. The molecular formula is C27H24N3+3. The highest BCUT2D eigenvalue weighted by Crippen LogP contribution is 2.53. The van der Waals surface area contributed by atoms with E-state index >= 15 is 0 Å². The van der Waals surface area contributed by atoms with Crippen LogP contribution in [-0.2, 0) is 19.3 Å². The second-order valence-corrected chi connectivity index (χ2v) is 7.88. The second kappa shape index (κ2) is 8.65. The minimum absolute atomic E-state index is 0.518. The standard InChI is InChI=1S/C27H24N3/c1-28-25-13-7-4-10-19(25)16-22-23(17-20-11-5-8-14-26(20)29-2)24(22)18-21-12-6-9-15-27(21)30-3/h1-15,22-24H,16-18H2/q+3. The van der Waals surface area contributed by atoms with Crippen LogP contribution in [-0.4, -0.2) is 0 Å². The lowest BCUT2D eigenvalue weighted by Gasteiger charge is -2.00. The van der Waals surface area contributed by atoms with Gasteiger partial charge >= 0.3 is 17.1 Å². The zero-order valence-electron chi connectivity index (χ0n) is 16.9. The van der Waals surface area contributed by atoms with Gasteiger partial charge in [0.05, 0.1) is 0 Å². The van der Waals surface area contributed by atoms with Crippen molar-refractivity contribution in [3.8, 4) is 19.7 Å². The van der Waals surface area contributed by atoms with E-state index in [0.717, 1.165) is 36.3 Å². The van der Waals surface area contributed by atoms with E-state index in [0.29, 0.717) is 17.8 Å². The van der Waals surface area contributed by atoms with Crippen LogP contribution in [0.4, 0.5) is 17.1 Å². The molecule has 3 nitrogen and oxygen atoms in total. The molecule has 1 saturated carbocycles. The number of nitrogens with zero attached hydrogens (tertiary/aromatic N) is 3. The van der Waals surface area contributed by atoms with Crippen LogP contribution in [0.3, 0.4) is 0 Å². The summed E-state index contributed by atoms with van der Waals surface area (Å²) in [5.41, 5.74) is 6.13. The van der Waals surface area contributed by atoms with E-state index in [9.17, 15) is 0 Å². The number of rotatable bonds is 6. The summed E-state index contributed by atoms with van der Waals surface area (Å²) in [5, 5.41) is 0. The zero-order valence-corrected chi connectivity index (χ0v) is 16.9. The molecule has 3 aromatic carbocycles. The molecule has 0 aliphatic heterocycles. The van der Waals surface area contributed by atoms with Gasteiger partial charge in [0.2, 0.25) is 0 Å². The summed E-state index contributed by atoms with van der Waals surface area (Å²) in [6.07, 6.45) is 2.82. The van der Waals surface area contributed by atoms with Crippen molar-refractivity contribution in [3.63, 3.8) is 0 Å². The van der Waals surface area contributed by atoms with Crippen LogP contribution in [0.15, 0.2) is 72.8 Å². The van der Waals surface area contributed by atoms with Gasteiger partial charge in [0, 0.05) is 34.9 Å². The molecule has 0 heterocycles. The van der Waals surface area contributed by atoms with Gasteiger partial charge in [-0.1, -0.05) is 54.6 Å². The molecule has 0 bridgehead atoms. The Bertz CT molecular complexity index is 1030. The third-order valence-electron chi connectivity index (χ3n) is 6.27. The number of hydrogen-bond donors (Lipinski definition) is 0. The largest absolute Gasteiger partial charge is 0.343 e. The monoisotopic (exact) mass is 390 g/mol. The fraction of sp³-hybridized carbons (Fsp3) is 0.222. The Labute approximate surface area is 178 Å². The molecule has 0 unspecified atom stereocenters. The average molecular weight is 391 g/mol. The Morgan fingerprint density at radius 3 is 1.00 bits per heavy atom. The minimum atomic E-state index is 0.518. The second-order valence-electron chi connectivity index (χ2n) is 7.88. The summed E-state index contributed by atoms with van der Waals surface area (Å²) in [7, 11) is 0. The zero-order chi connectivity index (χ0) is 20.9. The van der Waals surface area contributed by atoms with Crippen LogP contribution >= 0.6 is 0 Å². The van der Waals surface area contributed by atoms with Gasteiger partial charge in [0.1, 0.15) is 0 Å². The highest BCUT2D eigenvalue weighted by molar-refractivity contribution is 5.56. The van der Waals surface area contributed by atoms with E-state index in [1.165, 1.54) is 16.7 Å². The van der Waals surface area contributed by atoms with Crippen molar-refractivity contribution >= 4 is 17.1 Å². The SMILES string of the molecule is C#[N+]c1ccccc1CC1C(Cc2ccccc2[N+]#C)C1Cc1ccccc1[N+]#C. The van der Waals surface area contributed by atoms with Crippen molar-refractivity contribution in [2.75, 3.05) is 0 Å². The summed E-state index contributed by atoms with van der Waals surface area (Å²) < 4.78 is 0. The van der Waals surface area contributed by atoms with Gasteiger partial charge in [0.25, 0.3) is 19.7 Å². The smallest absolute Gasteiger partial charge is 0.0614 e. The first-order valence-corrected chi connectivity index (χ1v) is 10.2. The molecule has 144 valence electrons. The predicted octanol–water partition coefficient (Wildman–Crippen LogP) is 7.36. The van der Waals surface area contributed by atoms with E-state index in [1.807, 2.05) is 54.6 Å². The van der Waals surface area contributed by atoms with Gasteiger partial charge in [-0.3, -0.25) is 0 Å². The molecule has 3 heteroatoms. The van der Waals surface area contributed by atoms with Crippen LogP contribution in [0.5, 0.6) is 0 Å². The Hall–Kier alpha value is -3.87. The first-order chi connectivity index (χ1) is 14.7. The van der Waals surface area contributed by atoms with E-state index in [2.05, 4.69) is 32.7 Å². The van der Waals surface area contributed by atoms with Crippen LogP contribution in [0.2, 0.25) is 0 Å². The fourth-order valence-corrected chi connectivity index (χ4v) is 4.62. The lowest BCUT2D eigenvalue weighted by Crippen LogP contribution is -1.94. The van der Waals surface area contributed by atoms with Crippen molar-refractivity contribution in [1.29, 1.82) is 0 Å². The predicted molar refractivity (Wildman–Crippen MR) is 125 cm³/mol.